The van der Waals surface area contributed by atoms with Gasteiger partial charge in [-0.15, -0.1) is 0 Å². The fourth-order valence-corrected chi connectivity index (χ4v) is 5.57. The van der Waals surface area contributed by atoms with Crippen LogP contribution in [-0.2, 0) is 0 Å². The molecule has 7 aromatic rings. The standard InChI is InChI=1S/C19H12N4.C14H8IN3/c20-12-14-10-17(15-6-8-21-9-7-15)19-18(11-14)22-13-23(19)16-4-2-1-3-5-16;15-12-6-10(8-16)7-13-14(12)18(9-17-13)11-4-2-1-3-5-11/h1-11,13H;1-7,9H. The van der Waals surface area contributed by atoms with Crippen molar-refractivity contribution in [2.24, 2.45) is 0 Å². The Labute approximate surface area is 249 Å². The molecule has 0 spiro atoms. The van der Waals surface area contributed by atoms with E-state index < -0.39 is 0 Å². The molecule has 8 heteroatoms. The number of halogens is 1. The van der Waals surface area contributed by atoms with Crippen molar-refractivity contribution in [2.75, 3.05) is 0 Å². The van der Waals surface area contributed by atoms with Crippen LogP contribution in [0.15, 0.2) is 122 Å². The summed E-state index contributed by atoms with van der Waals surface area (Å²) in [6.45, 7) is 0. The van der Waals surface area contributed by atoms with Gasteiger partial charge in [0.05, 0.1) is 45.3 Å². The summed E-state index contributed by atoms with van der Waals surface area (Å²) in [5.41, 5.74) is 9.03. The molecule has 4 aromatic carbocycles. The van der Waals surface area contributed by atoms with Crippen LogP contribution in [0.25, 0.3) is 44.6 Å². The van der Waals surface area contributed by atoms with Gasteiger partial charge in [-0.3, -0.25) is 14.1 Å². The number of hydrogen-bond acceptors (Lipinski definition) is 5. The van der Waals surface area contributed by atoms with Gasteiger partial charge in [-0.2, -0.15) is 10.5 Å². The lowest BCUT2D eigenvalue weighted by atomic mass is 10.0. The van der Waals surface area contributed by atoms with Crippen LogP contribution < -0.4 is 0 Å². The summed E-state index contributed by atoms with van der Waals surface area (Å²) in [4.78, 5) is 12.9. The van der Waals surface area contributed by atoms with Crippen LogP contribution >= 0.6 is 22.6 Å². The van der Waals surface area contributed by atoms with E-state index in [-0.39, 0.29) is 0 Å². The molecule has 41 heavy (non-hydrogen) atoms. The Kier molecular flexibility index (Phi) is 7.23. The minimum atomic E-state index is 0.600. The Hall–Kier alpha value is -5.32. The molecule has 3 aromatic heterocycles. The monoisotopic (exact) mass is 641 g/mol. The summed E-state index contributed by atoms with van der Waals surface area (Å²) in [5.74, 6) is 0. The number of nitriles is 2. The molecule has 0 atom stereocenters. The van der Waals surface area contributed by atoms with E-state index in [0.717, 1.165) is 48.1 Å². The summed E-state index contributed by atoms with van der Waals surface area (Å²) in [7, 11) is 0. The van der Waals surface area contributed by atoms with E-state index >= 15 is 0 Å². The minimum Gasteiger partial charge on any atom is -0.298 e. The number of hydrogen-bond donors (Lipinski definition) is 0. The van der Waals surface area contributed by atoms with Gasteiger partial charge in [-0.1, -0.05) is 36.4 Å². The Bertz CT molecular complexity index is 2070. The van der Waals surface area contributed by atoms with E-state index in [1.165, 1.54) is 0 Å². The second-order valence-electron chi connectivity index (χ2n) is 9.08. The fraction of sp³-hybridized carbons (Fsp3) is 0. The maximum atomic E-state index is 9.30. The van der Waals surface area contributed by atoms with Gasteiger partial charge in [-0.25, -0.2) is 9.97 Å². The highest BCUT2D eigenvalue weighted by Crippen LogP contribution is 2.31. The van der Waals surface area contributed by atoms with Crippen molar-refractivity contribution < 1.29 is 0 Å². The summed E-state index contributed by atoms with van der Waals surface area (Å²) >= 11 is 2.24. The highest BCUT2D eigenvalue weighted by atomic mass is 127. The SMILES string of the molecule is N#Cc1cc(-c2ccncc2)c2c(c1)ncn2-c1ccccc1.N#Cc1cc(I)c2c(c1)ncn2-c1ccccc1. The molecule has 0 aliphatic rings. The third-order valence-electron chi connectivity index (χ3n) is 6.56. The van der Waals surface area contributed by atoms with E-state index in [1.807, 2.05) is 106 Å². The topological polar surface area (TPSA) is 96.1 Å². The molecule has 0 N–H and O–H groups in total. The first-order valence-corrected chi connectivity index (χ1v) is 13.7. The van der Waals surface area contributed by atoms with Crippen molar-refractivity contribution in [3.63, 3.8) is 0 Å². The first-order chi connectivity index (χ1) is 20.2. The lowest BCUT2D eigenvalue weighted by molar-refractivity contribution is 1.09. The number of fused-ring (bicyclic) bond motifs is 2. The van der Waals surface area contributed by atoms with Gasteiger partial charge in [0.25, 0.3) is 0 Å². The van der Waals surface area contributed by atoms with Crippen LogP contribution in [0.2, 0.25) is 0 Å². The smallest absolute Gasteiger partial charge is 0.100 e. The van der Waals surface area contributed by atoms with Crippen LogP contribution in [0, 0.1) is 26.2 Å². The zero-order valence-corrected chi connectivity index (χ0v) is 23.7. The molecule has 0 saturated heterocycles. The molecule has 7 rings (SSSR count). The lowest BCUT2D eigenvalue weighted by Crippen LogP contribution is -1.94. The second-order valence-corrected chi connectivity index (χ2v) is 10.2. The minimum absolute atomic E-state index is 0.600. The molecule has 194 valence electrons. The number of benzene rings is 4. The molecular formula is C33H20IN7. The number of nitrogens with zero attached hydrogens (tertiary/aromatic N) is 7. The maximum Gasteiger partial charge on any atom is 0.100 e. The van der Waals surface area contributed by atoms with E-state index in [2.05, 4.69) is 49.7 Å². The average Bonchev–Trinajstić information content (AvgIpc) is 3.67. The average molecular weight is 641 g/mol. The molecule has 0 fully saturated rings. The number of rotatable bonds is 3. The van der Waals surface area contributed by atoms with Crippen molar-refractivity contribution in [2.45, 2.75) is 0 Å². The molecule has 7 nitrogen and oxygen atoms in total. The first-order valence-electron chi connectivity index (χ1n) is 12.7. The van der Waals surface area contributed by atoms with Crippen molar-refractivity contribution in [1.82, 2.24) is 24.1 Å². The summed E-state index contributed by atoms with van der Waals surface area (Å²) < 4.78 is 5.12. The predicted molar refractivity (Wildman–Crippen MR) is 168 cm³/mol. The number of pyridine rings is 1. The Morgan fingerprint density at radius 1 is 0.610 bits per heavy atom. The number of imidazole rings is 2. The molecule has 0 aliphatic carbocycles. The third kappa shape index (κ3) is 5.17. The van der Waals surface area contributed by atoms with Crippen molar-refractivity contribution in [3.8, 4) is 34.6 Å². The van der Waals surface area contributed by atoms with Crippen molar-refractivity contribution in [1.29, 1.82) is 10.5 Å². The van der Waals surface area contributed by atoms with Gasteiger partial charge in [0.15, 0.2) is 0 Å². The van der Waals surface area contributed by atoms with Gasteiger partial charge in [0.2, 0.25) is 0 Å². The van der Waals surface area contributed by atoms with E-state index in [1.54, 1.807) is 25.0 Å². The molecule has 0 bridgehead atoms. The molecule has 0 saturated carbocycles. The maximum absolute atomic E-state index is 9.30. The fourth-order valence-electron chi connectivity index (χ4n) is 4.70. The zero-order valence-electron chi connectivity index (χ0n) is 21.6. The predicted octanol–water partition coefficient (Wildman–Crippen LogP) is 7.46. The Morgan fingerprint density at radius 2 is 1.12 bits per heavy atom. The lowest BCUT2D eigenvalue weighted by Gasteiger charge is -2.09. The normalized spacial score (nSPS) is 10.5. The van der Waals surface area contributed by atoms with E-state index in [0.29, 0.717) is 11.1 Å². The zero-order chi connectivity index (χ0) is 28.2. The first kappa shape index (κ1) is 25.9. The van der Waals surface area contributed by atoms with Gasteiger partial charge in [-0.05, 0) is 88.8 Å². The summed E-state index contributed by atoms with van der Waals surface area (Å²) in [6, 6.07) is 35.8. The highest BCUT2D eigenvalue weighted by Gasteiger charge is 2.13. The van der Waals surface area contributed by atoms with Gasteiger partial charge in [0.1, 0.15) is 12.7 Å². The largest absolute Gasteiger partial charge is 0.298 e. The molecule has 0 unspecified atom stereocenters. The van der Waals surface area contributed by atoms with Crippen LogP contribution in [0.5, 0.6) is 0 Å². The van der Waals surface area contributed by atoms with Crippen LogP contribution in [0.1, 0.15) is 11.1 Å². The van der Waals surface area contributed by atoms with Crippen LogP contribution in [0.4, 0.5) is 0 Å². The highest BCUT2D eigenvalue weighted by molar-refractivity contribution is 14.1. The van der Waals surface area contributed by atoms with E-state index in [4.69, 9.17) is 5.26 Å². The summed E-state index contributed by atoms with van der Waals surface area (Å²) in [5, 5.41) is 18.3. The number of aromatic nitrogens is 5. The molecular weight excluding hydrogens is 621 g/mol. The third-order valence-corrected chi connectivity index (χ3v) is 7.38. The van der Waals surface area contributed by atoms with Gasteiger partial charge in [0, 0.05) is 32.9 Å². The van der Waals surface area contributed by atoms with Crippen LogP contribution in [-0.4, -0.2) is 24.1 Å². The Morgan fingerprint density at radius 3 is 1.68 bits per heavy atom. The molecule has 0 amide bonds. The summed E-state index contributed by atoms with van der Waals surface area (Å²) in [6.07, 6.45) is 7.10. The van der Waals surface area contributed by atoms with Gasteiger partial charge < -0.3 is 0 Å². The number of para-hydroxylation sites is 2. The molecule has 0 radical (unpaired) electrons. The quantitative estimate of drug-likeness (QED) is 0.187. The van der Waals surface area contributed by atoms with Crippen LogP contribution in [0.3, 0.4) is 0 Å². The van der Waals surface area contributed by atoms with Crippen molar-refractivity contribution in [3.05, 3.63) is 137 Å². The van der Waals surface area contributed by atoms with Gasteiger partial charge >= 0.3 is 0 Å². The van der Waals surface area contributed by atoms with Crippen molar-refractivity contribution >= 4 is 44.7 Å². The molecule has 0 aliphatic heterocycles. The Balaban J connectivity index is 0.000000152. The second kappa shape index (κ2) is 11.4. The van der Waals surface area contributed by atoms with E-state index in [9.17, 15) is 5.26 Å². The molecule has 3 heterocycles.